The minimum Gasteiger partial charge on any atom is -0.463 e. The van der Waals surface area contributed by atoms with E-state index in [-0.39, 0.29) is 5.76 Å². The first-order valence-electron chi connectivity index (χ1n) is 6.47. The van der Waals surface area contributed by atoms with Crippen LogP contribution in [0.25, 0.3) is 0 Å². The fraction of sp³-hybridized carbons (Fsp3) is 0.615. The number of hydrogen-bond donors (Lipinski definition) is 1. The number of thioether (sulfide) groups is 1. The highest BCUT2D eigenvalue weighted by molar-refractivity contribution is 7.99. The molecule has 1 aliphatic heterocycles. The van der Waals surface area contributed by atoms with E-state index in [9.17, 15) is 4.79 Å². The summed E-state index contributed by atoms with van der Waals surface area (Å²) in [4.78, 5) is 13.7. The Bertz CT molecular complexity index is 402. The Hall–Kier alpha value is -0.980. The molecular formula is C13H20N2O3S. The third kappa shape index (κ3) is 4.56. The molecule has 106 valence electrons. The predicted octanol–water partition coefficient (Wildman–Crippen LogP) is 1.20. The summed E-state index contributed by atoms with van der Waals surface area (Å²) in [5.74, 6) is 3.06. The molecule has 2 heterocycles. The van der Waals surface area contributed by atoms with Crippen molar-refractivity contribution in [3.63, 3.8) is 0 Å². The highest BCUT2D eigenvalue weighted by Gasteiger charge is 2.11. The molecule has 0 saturated carbocycles. The summed E-state index contributed by atoms with van der Waals surface area (Å²) in [6.45, 7) is 4.99. The molecule has 0 unspecified atom stereocenters. The number of carbonyl (C=O) groups excluding carboxylic acids is 1. The first-order valence-corrected chi connectivity index (χ1v) is 7.63. The van der Waals surface area contributed by atoms with Crippen LogP contribution in [-0.2, 0) is 11.3 Å². The first kappa shape index (κ1) is 14.4. The second-order valence-electron chi connectivity index (χ2n) is 4.39. The molecule has 0 aliphatic carbocycles. The zero-order chi connectivity index (χ0) is 13.5. The van der Waals surface area contributed by atoms with E-state index in [1.807, 2.05) is 11.8 Å². The third-order valence-electron chi connectivity index (χ3n) is 3.06. The van der Waals surface area contributed by atoms with Crippen LogP contribution in [0.5, 0.6) is 0 Å². The molecule has 0 atom stereocenters. The number of methoxy groups -OCH3 is 1. The zero-order valence-corrected chi connectivity index (χ0v) is 12.0. The first-order chi connectivity index (χ1) is 9.29. The van der Waals surface area contributed by atoms with Crippen molar-refractivity contribution in [2.24, 2.45) is 0 Å². The maximum atomic E-state index is 11.2. The summed E-state index contributed by atoms with van der Waals surface area (Å²) in [5.41, 5.74) is 0. The second kappa shape index (κ2) is 7.57. The van der Waals surface area contributed by atoms with E-state index in [1.165, 1.54) is 31.7 Å². The minimum absolute atomic E-state index is 0.257. The summed E-state index contributed by atoms with van der Waals surface area (Å²) < 4.78 is 9.97. The summed E-state index contributed by atoms with van der Waals surface area (Å²) in [5, 5.41) is 3.32. The highest BCUT2D eigenvalue weighted by atomic mass is 32.2. The number of nitrogens with one attached hydrogen (secondary N) is 1. The molecule has 1 aromatic rings. The average molecular weight is 284 g/mol. The van der Waals surface area contributed by atoms with Crippen LogP contribution in [0.1, 0.15) is 16.3 Å². The number of hydrogen-bond acceptors (Lipinski definition) is 6. The van der Waals surface area contributed by atoms with Gasteiger partial charge < -0.3 is 19.4 Å². The van der Waals surface area contributed by atoms with Gasteiger partial charge >= 0.3 is 5.97 Å². The summed E-state index contributed by atoms with van der Waals surface area (Å²) in [6.07, 6.45) is 0. The van der Waals surface area contributed by atoms with Crippen molar-refractivity contribution >= 4 is 17.7 Å². The molecule has 1 saturated heterocycles. The van der Waals surface area contributed by atoms with E-state index in [0.29, 0.717) is 6.54 Å². The Morgan fingerprint density at radius 1 is 1.47 bits per heavy atom. The Kier molecular flexibility index (Phi) is 5.75. The Morgan fingerprint density at radius 2 is 2.26 bits per heavy atom. The molecule has 6 heteroatoms. The lowest BCUT2D eigenvalue weighted by Gasteiger charge is -2.25. The smallest absolute Gasteiger partial charge is 0.373 e. The SMILES string of the molecule is COC(=O)c1ccc(CNCCN2CCSCC2)o1. The molecular weight excluding hydrogens is 264 g/mol. The Balaban J connectivity index is 1.65. The van der Waals surface area contributed by atoms with Gasteiger partial charge in [0.2, 0.25) is 5.76 Å². The zero-order valence-electron chi connectivity index (χ0n) is 11.2. The van der Waals surface area contributed by atoms with Crippen LogP contribution >= 0.6 is 11.8 Å². The number of furan rings is 1. The second-order valence-corrected chi connectivity index (χ2v) is 5.61. The van der Waals surface area contributed by atoms with Crippen molar-refractivity contribution in [3.8, 4) is 0 Å². The van der Waals surface area contributed by atoms with Gasteiger partial charge in [-0.2, -0.15) is 11.8 Å². The molecule has 1 N–H and O–H groups in total. The average Bonchev–Trinajstić information content (AvgIpc) is 2.93. The molecule has 0 spiro atoms. The quantitative estimate of drug-likeness (QED) is 0.626. The van der Waals surface area contributed by atoms with Crippen molar-refractivity contribution in [2.45, 2.75) is 6.54 Å². The Labute approximate surface area is 117 Å². The predicted molar refractivity (Wildman–Crippen MR) is 75.5 cm³/mol. The summed E-state index contributed by atoms with van der Waals surface area (Å²) >= 11 is 2.02. The van der Waals surface area contributed by atoms with Gasteiger partial charge in [-0.1, -0.05) is 0 Å². The number of carbonyl (C=O) groups is 1. The van der Waals surface area contributed by atoms with E-state index in [4.69, 9.17) is 4.42 Å². The van der Waals surface area contributed by atoms with Crippen LogP contribution < -0.4 is 5.32 Å². The summed E-state index contributed by atoms with van der Waals surface area (Å²) in [7, 11) is 1.35. The van der Waals surface area contributed by atoms with Crippen LogP contribution in [0.4, 0.5) is 0 Å². The normalized spacial score (nSPS) is 16.5. The monoisotopic (exact) mass is 284 g/mol. The Morgan fingerprint density at radius 3 is 3.00 bits per heavy atom. The van der Waals surface area contributed by atoms with Gasteiger partial charge in [-0.15, -0.1) is 0 Å². The van der Waals surface area contributed by atoms with Crippen molar-refractivity contribution in [1.82, 2.24) is 10.2 Å². The number of ether oxygens (including phenoxy) is 1. The molecule has 0 aromatic carbocycles. The molecule has 1 aromatic heterocycles. The molecule has 1 fully saturated rings. The van der Waals surface area contributed by atoms with Crippen molar-refractivity contribution < 1.29 is 13.9 Å². The van der Waals surface area contributed by atoms with E-state index in [1.54, 1.807) is 12.1 Å². The number of nitrogens with zero attached hydrogens (tertiary/aromatic N) is 1. The van der Waals surface area contributed by atoms with Gasteiger partial charge in [0, 0.05) is 37.7 Å². The number of rotatable bonds is 6. The van der Waals surface area contributed by atoms with Gasteiger partial charge in [0.05, 0.1) is 13.7 Å². The van der Waals surface area contributed by atoms with E-state index >= 15 is 0 Å². The fourth-order valence-electron chi connectivity index (χ4n) is 1.96. The molecule has 19 heavy (non-hydrogen) atoms. The maximum Gasteiger partial charge on any atom is 0.373 e. The lowest BCUT2D eigenvalue weighted by molar-refractivity contribution is 0.0563. The fourth-order valence-corrected chi connectivity index (χ4v) is 2.94. The molecule has 5 nitrogen and oxygen atoms in total. The standard InChI is InChI=1S/C13H20N2O3S/c1-17-13(16)12-3-2-11(18-12)10-14-4-5-15-6-8-19-9-7-15/h2-3,14H,4-10H2,1H3. The third-order valence-corrected chi connectivity index (χ3v) is 4.00. The van der Waals surface area contributed by atoms with Gasteiger partial charge in [-0.05, 0) is 12.1 Å². The van der Waals surface area contributed by atoms with Crippen molar-refractivity contribution in [2.75, 3.05) is 44.8 Å². The maximum absolute atomic E-state index is 11.2. The van der Waals surface area contributed by atoms with E-state index < -0.39 is 5.97 Å². The van der Waals surface area contributed by atoms with Crippen molar-refractivity contribution in [3.05, 3.63) is 23.7 Å². The van der Waals surface area contributed by atoms with E-state index in [0.717, 1.165) is 18.8 Å². The minimum atomic E-state index is -0.433. The van der Waals surface area contributed by atoms with Crippen molar-refractivity contribution in [1.29, 1.82) is 0 Å². The number of esters is 1. The van der Waals surface area contributed by atoms with Crippen LogP contribution in [-0.4, -0.2) is 55.7 Å². The van der Waals surface area contributed by atoms with Crippen LogP contribution in [0.3, 0.4) is 0 Å². The van der Waals surface area contributed by atoms with Gasteiger partial charge in [-0.25, -0.2) is 4.79 Å². The molecule has 0 radical (unpaired) electrons. The largest absolute Gasteiger partial charge is 0.463 e. The van der Waals surface area contributed by atoms with E-state index in [2.05, 4.69) is 15.0 Å². The molecule has 2 rings (SSSR count). The van der Waals surface area contributed by atoms with Gasteiger partial charge in [0.25, 0.3) is 0 Å². The molecule has 1 aliphatic rings. The van der Waals surface area contributed by atoms with Gasteiger partial charge in [0.1, 0.15) is 5.76 Å². The summed E-state index contributed by atoms with van der Waals surface area (Å²) in [6, 6.07) is 3.45. The molecule has 0 bridgehead atoms. The van der Waals surface area contributed by atoms with Gasteiger partial charge in [-0.3, -0.25) is 0 Å². The highest BCUT2D eigenvalue weighted by Crippen LogP contribution is 2.09. The van der Waals surface area contributed by atoms with Crippen LogP contribution in [0.2, 0.25) is 0 Å². The van der Waals surface area contributed by atoms with Crippen LogP contribution in [0, 0.1) is 0 Å². The molecule has 0 amide bonds. The topological polar surface area (TPSA) is 54.7 Å². The van der Waals surface area contributed by atoms with Gasteiger partial charge in [0.15, 0.2) is 0 Å². The van der Waals surface area contributed by atoms with Crippen LogP contribution in [0.15, 0.2) is 16.5 Å². The lowest BCUT2D eigenvalue weighted by Crippen LogP contribution is -2.37. The lowest BCUT2D eigenvalue weighted by atomic mass is 10.4.